The Labute approximate surface area is 264 Å². The van der Waals surface area contributed by atoms with Crippen molar-refractivity contribution in [2.45, 2.75) is 44.6 Å². The van der Waals surface area contributed by atoms with E-state index in [0.29, 0.717) is 50.6 Å². The molecule has 0 spiro atoms. The lowest BCUT2D eigenvalue weighted by Gasteiger charge is -2.43. The first-order chi connectivity index (χ1) is 21.9. The molecule has 3 aliphatic heterocycles. The largest absolute Gasteiger partial charge is 0.469 e. The van der Waals surface area contributed by atoms with Gasteiger partial charge in [0.05, 0.1) is 36.5 Å². The number of rotatable bonds is 7. The van der Waals surface area contributed by atoms with Crippen LogP contribution in [0.5, 0.6) is 5.88 Å². The summed E-state index contributed by atoms with van der Waals surface area (Å²) in [5, 5.41) is 22.7. The lowest BCUT2D eigenvalue weighted by atomic mass is 9.95. The third-order valence-electron chi connectivity index (χ3n) is 9.38. The van der Waals surface area contributed by atoms with Gasteiger partial charge in [0.1, 0.15) is 23.8 Å². The predicted molar refractivity (Wildman–Crippen MR) is 173 cm³/mol. The van der Waals surface area contributed by atoms with Crippen molar-refractivity contribution in [3.05, 3.63) is 71.4 Å². The zero-order valence-electron chi connectivity index (χ0n) is 26.2. The molecule has 1 amide bonds. The number of carbonyl (C=O) groups is 1. The summed E-state index contributed by atoms with van der Waals surface area (Å²) < 4.78 is 12.3. The van der Waals surface area contributed by atoms with E-state index in [4.69, 9.17) is 14.5 Å². The summed E-state index contributed by atoms with van der Waals surface area (Å²) >= 11 is 0. The number of hydrogen-bond acceptors (Lipinski definition) is 9. The summed E-state index contributed by atoms with van der Waals surface area (Å²) in [4.78, 5) is 26.1. The number of pyridine rings is 1. The van der Waals surface area contributed by atoms with Crippen LogP contribution in [0.3, 0.4) is 0 Å². The van der Waals surface area contributed by atoms with E-state index < -0.39 is 0 Å². The van der Waals surface area contributed by atoms with Crippen LogP contribution in [0.4, 0.5) is 11.4 Å². The quantitative estimate of drug-likeness (QED) is 0.372. The van der Waals surface area contributed by atoms with Crippen LogP contribution in [0.25, 0.3) is 10.8 Å². The van der Waals surface area contributed by atoms with Gasteiger partial charge in [-0.2, -0.15) is 10.5 Å². The van der Waals surface area contributed by atoms with Crippen molar-refractivity contribution in [1.82, 2.24) is 14.8 Å². The molecular formula is C35H39N7O3. The second-order valence-electron chi connectivity index (χ2n) is 12.1. The molecule has 2 fully saturated rings. The summed E-state index contributed by atoms with van der Waals surface area (Å²) in [5.74, 6) is 0.124. The number of likely N-dealkylation sites (N-methyl/N-ethyl adjacent to an activating group) is 1. The number of nitriles is 2. The van der Waals surface area contributed by atoms with Gasteiger partial charge in [-0.1, -0.05) is 36.9 Å². The Morgan fingerprint density at radius 1 is 1.09 bits per heavy atom. The highest BCUT2D eigenvalue weighted by Gasteiger charge is 2.38. The standard InChI is InChI=1S/C35H39N7O3/c1-5-32(43)42-17-16-41(19-25(42)12-14-36)34-26-13-15-40(29-11-7-10-24-9-6-8-23(2)33(24)29)20-28(26)38-35(27(34)18-37)45-31-22-39(3)21-30(31)44-4/h5-11,25,30-31H,1,12-13,15-17,19-22H2,2-4H3/t25-,30+,31+/m0/s1. The van der Waals surface area contributed by atoms with Gasteiger partial charge in [-0.25, -0.2) is 4.98 Å². The number of aryl methyl sites for hydroxylation is 1. The van der Waals surface area contributed by atoms with Crippen LogP contribution in [0, 0.1) is 29.6 Å². The summed E-state index contributed by atoms with van der Waals surface area (Å²) in [6, 6.07) is 17.1. The fraction of sp³-hybridized carbons (Fsp3) is 0.429. The van der Waals surface area contributed by atoms with Gasteiger partial charge in [-0.15, -0.1) is 0 Å². The Hall–Kier alpha value is -4.64. The van der Waals surface area contributed by atoms with Gasteiger partial charge in [0.25, 0.3) is 0 Å². The fourth-order valence-corrected chi connectivity index (χ4v) is 7.20. The first-order valence-electron chi connectivity index (χ1n) is 15.5. The highest BCUT2D eigenvalue weighted by atomic mass is 16.5. The van der Waals surface area contributed by atoms with Gasteiger partial charge in [-0.3, -0.25) is 9.69 Å². The molecule has 0 saturated carbocycles. The molecule has 4 heterocycles. The van der Waals surface area contributed by atoms with Gasteiger partial charge in [0, 0.05) is 63.0 Å². The van der Waals surface area contributed by atoms with E-state index in [1.807, 2.05) is 7.05 Å². The molecule has 0 N–H and O–H groups in total. The minimum Gasteiger partial charge on any atom is -0.469 e. The molecule has 232 valence electrons. The molecule has 10 heteroatoms. The van der Waals surface area contributed by atoms with Crippen molar-refractivity contribution in [2.24, 2.45) is 0 Å². The van der Waals surface area contributed by atoms with Gasteiger partial charge < -0.3 is 24.2 Å². The molecule has 0 unspecified atom stereocenters. The molecule has 2 saturated heterocycles. The Morgan fingerprint density at radius 2 is 1.87 bits per heavy atom. The maximum absolute atomic E-state index is 12.6. The average molecular weight is 606 g/mol. The van der Waals surface area contributed by atoms with Crippen LogP contribution < -0.4 is 14.5 Å². The maximum atomic E-state index is 12.6. The van der Waals surface area contributed by atoms with E-state index in [2.05, 4.69) is 76.7 Å². The molecule has 6 rings (SSSR count). The summed E-state index contributed by atoms with van der Waals surface area (Å²) in [5.41, 5.74) is 5.48. The van der Waals surface area contributed by atoms with Gasteiger partial charge in [-0.05, 0) is 43.5 Å². The zero-order chi connectivity index (χ0) is 31.7. The molecule has 10 nitrogen and oxygen atoms in total. The van der Waals surface area contributed by atoms with Crippen LogP contribution in [0.1, 0.15) is 28.8 Å². The predicted octanol–water partition coefficient (Wildman–Crippen LogP) is 3.80. The molecule has 3 aromatic rings. The van der Waals surface area contributed by atoms with Crippen LogP contribution >= 0.6 is 0 Å². The van der Waals surface area contributed by atoms with Gasteiger partial charge in [0.15, 0.2) is 0 Å². The first-order valence-corrected chi connectivity index (χ1v) is 15.5. The van der Waals surface area contributed by atoms with Crippen LogP contribution in [0.15, 0.2) is 49.1 Å². The van der Waals surface area contributed by atoms with Crippen molar-refractivity contribution < 1.29 is 14.3 Å². The third kappa shape index (κ3) is 5.68. The SMILES string of the molecule is C=CC(=O)N1CCN(c2c(C#N)c(O[C@@H]3CN(C)C[C@H]3OC)nc3c2CCN(c2cccc4cccc(C)c24)C3)C[C@@H]1CC#N. The van der Waals surface area contributed by atoms with Crippen LogP contribution in [-0.4, -0.2) is 92.4 Å². The Balaban J connectivity index is 1.44. The van der Waals surface area contributed by atoms with Crippen molar-refractivity contribution >= 4 is 28.1 Å². The Kier molecular flexibility index (Phi) is 8.62. The molecule has 3 atom stereocenters. The summed E-state index contributed by atoms with van der Waals surface area (Å²) in [7, 11) is 3.70. The second-order valence-corrected chi connectivity index (χ2v) is 12.1. The highest BCUT2D eigenvalue weighted by molar-refractivity contribution is 5.97. The van der Waals surface area contributed by atoms with E-state index >= 15 is 0 Å². The molecule has 3 aliphatic rings. The lowest BCUT2D eigenvalue weighted by molar-refractivity contribution is -0.128. The fourth-order valence-electron chi connectivity index (χ4n) is 7.20. The number of amides is 1. The lowest BCUT2D eigenvalue weighted by Crippen LogP contribution is -2.55. The number of aromatic nitrogens is 1. The number of ether oxygens (including phenoxy) is 2. The molecule has 1 aromatic heterocycles. The number of piperazine rings is 1. The van der Waals surface area contributed by atoms with E-state index in [1.165, 1.54) is 22.4 Å². The molecule has 0 radical (unpaired) electrons. The second kappa shape index (κ2) is 12.8. The smallest absolute Gasteiger partial charge is 0.246 e. The molecule has 45 heavy (non-hydrogen) atoms. The number of carbonyl (C=O) groups excluding carboxylic acids is 1. The summed E-state index contributed by atoms with van der Waals surface area (Å²) in [6.07, 6.45) is 1.75. The zero-order valence-corrected chi connectivity index (χ0v) is 26.2. The number of fused-ring (bicyclic) bond motifs is 2. The number of nitrogens with zero attached hydrogens (tertiary/aromatic N) is 7. The number of likely N-dealkylation sites (tertiary alicyclic amines) is 1. The maximum Gasteiger partial charge on any atom is 0.246 e. The number of anilines is 2. The number of hydrogen-bond donors (Lipinski definition) is 0. The minimum atomic E-state index is -0.325. The van der Waals surface area contributed by atoms with E-state index in [9.17, 15) is 15.3 Å². The third-order valence-corrected chi connectivity index (χ3v) is 9.38. The Bertz CT molecular complexity index is 1700. The molecular weight excluding hydrogens is 566 g/mol. The van der Waals surface area contributed by atoms with Crippen molar-refractivity contribution in [2.75, 3.05) is 63.2 Å². The van der Waals surface area contributed by atoms with Crippen molar-refractivity contribution in [3.63, 3.8) is 0 Å². The highest BCUT2D eigenvalue weighted by Crippen LogP contribution is 2.40. The van der Waals surface area contributed by atoms with Gasteiger partial charge >= 0.3 is 0 Å². The monoisotopic (exact) mass is 605 g/mol. The first kappa shape index (κ1) is 30.4. The van der Waals surface area contributed by atoms with E-state index in [0.717, 1.165) is 35.7 Å². The van der Waals surface area contributed by atoms with Gasteiger partial charge in [0.2, 0.25) is 11.8 Å². The molecule has 2 aromatic carbocycles. The normalized spacial score (nSPS) is 21.7. The van der Waals surface area contributed by atoms with Crippen molar-refractivity contribution in [1.29, 1.82) is 10.5 Å². The summed E-state index contributed by atoms with van der Waals surface area (Å²) in [6.45, 7) is 9.88. The van der Waals surface area contributed by atoms with E-state index in [-0.39, 0.29) is 30.6 Å². The minimum absolute atomic E-state index is 0.147. The van der Waals surface area contributed by atoms with Crippen LogP contribution in [0.2, 0.25) is 0 Å². The van der Waals surface area contributed by atoms with Crippen molar-refractivity contribution in [3.8, 4) is 18.0 Å². The average Bonchev–Trinajstić information content (AvgIpc) is 3.42. The molecule has 0 bridgehead atoms. The van der Waals surface area contributed by atoms with Crippen LogP contribution in [-0.2, 0) is 22.5 Å². The number of methoxy groups -OCH3 is 1. The topological polar surface area (TPSA) is 109 Å². The van der Waals surface area contributed by atoms with E-state index in [1.54, 1.807) is 12.0 Å². The Morgan fingerprint density at radius 3 is 2.60 bits per heavy atom. The molecule has 0 aliphatic carbocycles. The number of benzene rings is 2.